The van der Waals surface area contributed by atoms with Crippen molar-refractivity contribution in [1.82, 2.24) is 0 Å². The highest BCUT2D eigenvalue weighted by atomic mass is 35.5. The van der Waals surface area contributed by atoms with Crippen LogP contribution in [0.25, 0.3) is 0 Å². The van der Waals surface area contributed by atoms with Crippen molar-refractivity contribution >= 4 is 17.3 Å². The number of anilines is 1. The zero-order valence-corrected chi connectivity index (χ0v) is 12.2. The number of hydrogen-bond acceptors (Lipinski definition) is 4. The summed E-state index contributed by atoms with van der Waals surface area (Å²) in [6.45, 7) is 2.71. The van der Waals surface area contributed by atoms with Crippen molar-refractivity contribution in [2.75, 3.05) is 26.1 Å². The van der Waals surface area contributed by atoms with Crippen LogP contribution in [0.2, 0.25) is 5.02 Å². The molecule has 1 N–H and O–H groups in total. The van der Waals surface area contributed by atoms with Crippen LogP contribution in [-0.4, -0.2) is 39.1 Å². The first kappa shape index (κ1) is 14.4. The summed E-state index contributed by atoms with van der Waals surface area (Å²) in [5.74, 6) is 0.668. The van der Waals surface area contributed by atoms with Gasteiger partial charge in [0.2, 0.25) is 0 Å². The standard InChI is InChI=1S/C14H20ClNO3/c1-4-19-13-8-11(14(13)18-3)16-9-5-6-10(15)12(7-9)17-2/h5-7,11,13-14,16H,4,8H2,1-3H3. The Labute approximate surface area is 119 Å². The van der Waals surface area contributed by atoms with Gasteiger partial charge in [0.05, 0.1) is 24.3 Å². The van der Waals surface area contributed by atoms with Gasteiger partial charge in [0, 0.05) is 25.5 Å². The Balaban J connectivity index is 1.98. The van der Waals surface area contributed by atoms with E-state index >= 15 is 0 Å². The summed E-state index contributed by atoms with van der Waals surface area (Å²) in [6.07, 6.45) is 1.21. The van der Waals surface area contributed by atoms with Gasteiger partial charge in [-0.3, -0.25) is 0 Å². The normalized spacial score (nSPS) is 25.8. The van der Waals surface area contributed by atoms with Crippen molar-refractivity contribution in [1.29, 1.82) is 0 Å². The van der Waals surface area contributed by atoms with Gasteiger partial charge in [-0.15, -0.1) is 0 Å². The number of methoxy groups -OCH3 is 2. The summed E-state index contributed by atoms with van der Waals surface area (Å²) in [6, 6.07) is 5.91. The smallest absolute Gasteiger partial charge is 0.139 e. The third-order valence-electron chi connectivity index (χ3n) is 3.41. The van der Waals surface area contributed by atoms with Crippen LogP contribution in [0.3, 0.4) is 0 Å². The summed E-state index contributed by atoms with van der Waals surface area (Å²) in [5, 5.41) is 4.03. The summed E-state index contributed by atoms with van der Waals surface area (Å²) < 4.78 is 16.3. The largest absolute Gasteiger partial charge is 0.495 e. The lowest BCUT2D eigenvalue weighted by Crippen LogP contribution is -2.56. The minimum atomic E-state index is 0.0848. The zero-order chi connectivity index (χ0) is 13.8. The van der Waals surface area contributed by atoms with E-state index in [0.29, 0.717) is 17.4 Å². The Morgan fingerprint density at radius 1 is 1.37 bits per heavy atom. The fourth-order valence-electron chi connectivity index (χ4n) is 2.38. The van der Waals surface area contributed by atoms with Gasteiger partial charge in [-0.1, -0.05) is 11.6 Å². The van der Waals surface area contributed by atoms with Gasteiger partial charge >= 0.3 is 0 Å². The molecule has 0 heterocycles. The van der Waals surface area contributed by atoms with Crippen LogP contribution in [0.4, 0.5) is 5.69 Å². The van der Waals surface area contributed by atoms with Crippen LogP contribution >= 0.6 is 11.6 Å². The molecule has 0 spiro atoms. The lowest BCUT2D eigenvalue weighted by molar-refractivity contribution is -0.118. The second-order valence-corrected chi connectivity index (χ2v) is 4.94. The summed E-state index contributed by atoms with van der Waals surface area (Å²) in [5.41, 5.74) is 0.975. The Hall–Kier alpha value is -0.970. The fourth-order valence-corrected chi connectivity index (χ4v) is 2.57. The van der Waals surface area contributed by atoms with Gasteiger partial charge in [0.15, 0.2) is 0 Å². The van der Waals surface area contributed by atoms with Crippen LogP contribution in [0.15, 0.2) is 18.2 Å². The van der Waals surface area contributed by atoms with Gasteiger partial charge in [-0.05, 0) is 25.5 Å². The number of ether oxygens (including phenoxy) is 3. The molecule has 1 aliphatic rings. The monoisotopic (exact) mass is 285 g/mol. The minimum Gasteiger partial charge on any atom is -0.495 e. The van der Waals surface area contributed by atoms with Gasteiger partial charge in [-0.2, -0.15) is 0 Å². The van der Waals surface area contributed by atoms with Gasteiger partial charge in [0.25, 0.3) is 0 Å². The first-order chi connectivity index (χ1) is 9.19. The maximum Gasteiger partial charge on any atom is 0.139 e. The average Bonchev–Trinajstić information content (AvgIpc) is 2.39. The molecule has 0 saturated heterocycles. The van der Waals surface area contributed by atoms with Crippen LogP contribution in [0.5, 0.6) is 5.75 Å². The Bertz CT molecular complexity index is 427. The van der Waals surface area contributed by atoms with Gasteiger partial charge in [-0.25, -0.2) is 0 Å². The number of halogens is 1. The minimum absolute atomic E-state index is 0.0848. The van der Waals surface area contributed by atoms with E-state index in [1.807, 2.05) is 25.1 Å². The summed E-state index contributed by atoms with van der Waals surface area (Å²) >= 11 is 6.00. The molecule has 0 aromatic heterocycles. The number of nitrogens with one attached hydrogen (secondary N) is 1. The summed E-state index contributed by atoms with van der Waals surface area (Å²) in [4.78, 5) is 0. The Kier molecular flexibility index (Phi) is 4.91. The molecule has 19 heavy (non-hydrogen) atoms. The molecule has 106 valence electrons. The third-order valence-corrected chi connectivity index (χ3v) is 3.72. The molecule has 5 heteroatoms. The quantitative estimate of drug-likeness (QED) is 0.872. The van der Waals surface area contributed by atoms with E-state index in [2.05, 4.69) is 5.32 Å². The second kappa shape index (κ2) is 6.46. The molecular weight excluding hydrogens is 266 g/mol. The van der Waals surface area contributed by atoms with Crippen LogP contribution < -0.4 is 10.1 Å². The average molecular weight is 286 g/mol. The molecular formula is C14H20ClNO3. The molecule has 1 saturated carbocycles. The highest BCUT2D eigenvalue weighted by Gasteiger charge is 2.42. The van der Waals surface area contributed by atoms with Crippen molar-refractivity contribution in [3.8, 4) is 5.75 Å². The highest BCUT2D eigenvalue weighted by Crippen LogP contribution is 2.32. The number of hydrogen-bond donors (Lipinski definition) is 1. The molecule has 0 radical (unpaired) electrons. The van der Waals surface area contributed by atoms with E-state index in [1.165, 1.54) is 0 Å². The van der Waals surface area contributed by atoms with Gasteiger partial charge in [0.1, 0.15) is 11.9 Å². The highest BCUT2D eigenvalue weighted by molar-refractivity contribution is 6.32. The molecule has 0 aliphatic heterocycles. The first-order valence-electron chi connectivity index (χ1n) is 6.44. The maximum atomic E-state index is 6.00. The molecule has 3 atom stereocenters. The third kappa shape index (κ3) is 3.14. The van der Waals surface area contributed by atoms with Crippen molar-refractivity contribution < 1.29 is 14.2 Å². The SMILES string of the molecule is CCOC1CC(Nc2ccc(Cl)c(OC)c2)C1OC. The molecule has 4 nitrogen and oxygen atoms in total. The van der Waals surface area contributed by atoms with E-state index in [4.69, 9.17) is 25.8 Å². The molecule has 2 rings (SSSR count). The first-order valence-corrected chi connectivity index (χ1v) is 6.81. The second-order valence-electron chi connectivity index (χ2n) is 4.53. The fraction of sp³-hybridized carbons (Fsp3) is 0.571. The van der Waals surface area contributed by atoms with Crippen LogP contribution in [0, 0.1) is 0 Å². The number of rotatable bonds is 6. The van der Waals surface area contributed by atoms with Gasteiger partial charge < -0.3 is 19.5 Å². The maximum absolute atomic E-state index is 6.00. The predicted octanol–water partition coefficient (Wildman–Crippen LogP) is 2.95. The Morgan fingerprint density at radius 3 is 2.79 bits per heavy atom. The van der Waals surface area contributed by atoms with Crippen LogP contribution in [-0.2, 0) is 9.47 Å². The van der Waals surface area contributed by atoms with Crippen molar-refractivity contribution in [2.45, 2.75) is 31.6 Å². The van der Waals surface area contributed by atoms with Crippen molar-refractivity contribution in [3.63, 3.8) is 0 Å². The predicted molar refractivity (Wildman–Crippen MR) is 76.2 cm³/mol. The molecule has 3 unspecified atom stereocenters. The molecule has 1 aliphatic carbocycles. The van der Waals surface area contributed by atoms with E-state index in [1.54, 1.807) is 14.2 Å². The Morgan fingerprint density at radius 2 is 2.16 bits per heavy atom. The molecule has 1 fully saturated rings. The number of benzene rings is 1. The van der Waals surface area contributed by atoms with E-state index < -0.39 is 0 Å². The molecule has 0 bridgehead atoms. The lowest BCUT2D eigenvalue weighted by atomic mass is 9.85. The zero-order valence-electron chi connectivity index (χ0n) is 11.5. The molecule has 1 aromatic carbocycles. The topological polar surface area (TPSA) is 39.7 Å². The van der Waals surface area contributed by atoms with E-state index in [9.17, 15) is 0 Å². The van der Waals surface area contributed by atoms with E-state index in [-0.39, 0.29) is 18.2 Å². The van der Waals surface area contributed by atoms with E-state index in [0.717, 1.165) is 12.1 Å². The van der Waals surface area contributed by atoms with Crippen LogP contribution in [0.1, 0.15) is 13.3 Å². The van der Waals surface area contributed by atoms with Crippen molar-refractivity contribution in [3.05, 3.63) is 23.2 Å². The molecule has 0 amide bonds. The molecule has 1 aromatic rings. The lowest BCUT2D eigenvalue weighted by Gasteiger charge is -2.43. The van der Waals surface area contributed by atoms with Crippen molar-refractivity contribution in [2.24, 2.45) is 0 Å². The summed E-state index contributed by atoms with van der Waals surface area (Å²) in [7, 11) is 3.32.